The molecule has 0 bridgehead atoms. The molecule has 6 nitrogen and oxygen atoms in total. The van der Waals surface area contributed by atoms with E-state index in [1.165, 1.54) is 0 Å². The van der Waals surface area contributed by atoms with Gasteiger partial charge in [0.2, 0.25) is 0 Å². The van der Waals surface area contributed by atoms with Crippen LogP contribution in [-0.4, -0.2) is 25.6 Å². The zero-order chi connectivity index (χ0) is 20.2. The number of hydrogen-bond donors (Lipinski definition) is 1. The molecule has 1 N–H and O–H groups in total. The van der Waals surface area contributed by atoms with Crippen LogP contribution in [0.3, 0.4) is 0 Å². The quantitative estimate of drug-likeness (QED) is 0.514. The van der Waals surface area contributed by atoms with Crippen molar-refractivity contribution in [3.63, 3.8) is 0 Å². The van der Waals surface area contributed by atoms with Crippen LogP contribution in [0.2, 0.25) is 0 Å². The van der Waals surface area contributed by atoms with E-state index < -0.39 is 5.97 Å². The van der Waals surface area contributed by atoms with Crippen LogP contribution < -0.4 is 0 Å². The average Bonchev–Trinajstić information content (AvgIpc) is 3.15. The van der Waals surface area contributed by atoms with Crippen molar-refractivity contribution in [3.05, 3.63) is 95.2 Å². The molecule has 0 amide bonds. The molecule has 0 unspecified atom stereocenters. The van der Waals surface area contributed by atoms with Gasteiger partial charge in [0, 0.05) is 11.6 Å². The van der Waals surface area contributed by atoms with E-state index in [2.05, 4.69) is 16.0 Å². The van der Waals surface area contributed by atoms with E-state index in [4.69, 9.17) is 4.74 Å². The Balaban J connectivity index is 1.38. The van der Waals surface area contributed by atoms with Crippen molar-refractivity contribution >= 4 is 16.9 Å². The molecule has 0 aliphatic heterocycles. The lowest BCUT2D eigenvalue weighted by Crippen LogP contribution is -2.06. The van der Waals surface area contributed by atoms with Gasteiger partial charge in [-0.2, -0.15) is 0 Å². The number of aromatic carboxylic acids is 1. The van der Waals surface area contributed by atoms with Gasteiger partial charge in [-0.3, -0.25) is 4.98 Å². The summed E-state index contributed by atoms with van der Waals surface area (Å²) >= 11 is 0. The summed E-state index contributed by atoms with van der Waals surface area (Å²) < 4.78 is 7.68. The smallest absolute Gasteiger partial charge is 0.336 e. The number of ether oxygens (including phenoxy) is 1. The molecule has 146 valence electrons. The Morgan fingerprint density at radius 2 is 1.90 bits per heavy atom. The number of carboxylic acid groups (broad SMARTS) is 1. The van der Waals surface area contributed by atoms with E-state index in [1.54, 1.807) is 25.4 Å². The highest BCUT2D eigenvalue weighted by Crippen LogP contribution is 2.16. The van der Waals surface area contributed by atoms with Crippen LogP contribution in [0.15, 0.2) is 67.1 Å². The highest BCUT2D eigenvalue weighted by Gasteiger charge is 2.13. The summed E-state index contributed by atoms with van der Waals surface area (Å²) in [7, 11) is 0. The number of benzene rings is 2. The monoisotopic (exact) mass is 387 g/mol. The molecule has 4 rings (SSSR count). The number of carboxylic acids is 1. The van der Waals surface area contributed by atoms with Gasteiger partial charge in [-0.15, -0.1) is 0 Å². The molecule has 29 heavy (non-hydrogen) atoms. The minimum Gasteiger partial charge on any atom is -0.478 e. The first-order chi connectivity index (χ1) is 14.1. The lowest BCUT2D eigenvalue weighted by Gasteiger charge is -2.09. The minimum absolute atomic E-state index is 0.225. The van der Waals surface area contributed by atoms with Crippen molar-refractivity contribution in [3.8, 4) is 0 Å². The first-order valence-corrected chi connectivity index (χ1v) is 9.35. The van der Waals surface area contributed by atoms with Crippen LogP contribution in [0, 0.1) is 6.92 Å². The Hall–Kier alpha value is -3.51. The molecule has 0 aliphatic carbocycles. The van der Waals surface area contributed by atoms with Crippen molar-refractivity contribution in [1.29, 1.82) is 0 Å². The first kappa shape index (κ1) is 18.8. The van der Waals surface area contributed by atoms with Gasteiger partial charge in [0.05, 0.1) is 48.6 Å². The molecular weight excluding hydrogens is 366 g/mol. The van der Waals surface area contributed by atoms with Crippen molar-refractivity contribution < 1.29 is 14.6 Å². The standard InChI is InChI=1S/C23H21N3O3/c1-16-5-4-7-18(22(16)23(27)28)13-29-14-20-12-26(15-24-20)11-19-10-9-17-6-2-3-8-21(17)25-19/h2-10,12,15H,11,13-14H2,1H3,(H,27,28). The number of fused-ring (bicyclic) bond motifs is 1. The van der Waals surface area contributed by atoms with Crippen molar-refractivity contribution in [1.82, 2.24) is 14.5 Å². The number of aryl methyl sites for hydroxylation is 1. The number of carbonyl (C=O) groups is 1. The van der Waals surface area contributed by atoms with E-state index in [0.717, 1.165) is 27.9 Å². The third kappa shape index (κ3) is 4.33. The Morgan fingerprint density at radius 1 is 1.03 bits per heavy atom. The first-order valence-electron chi connectivity index (χ1n) is 9.35. The molecule has 2 aromatic heterocycles. The van der Waals surface area contributed by atoms with Gasteiger partial charge < -0.3 is 14.4 Å². The molecule has 0 saturated carbocycles. The van der Waals surface area contributed by atoms with Crippen LogP contribution >= 0.6 is 0 Å². The fraction of sp³-hybridized carbons (Fsp3) is 0.174. The summed E-state index contributed by atoms with van der Waals surface area (Å²) in [6.45, 7) is 2.95. The highest BCUT2D eigenvalue weighted by atomic mass is 16.5. The summed E-state index contributed by atoms with van der Waals surface area (Å²) in [5.41, 5.74) is 4.42. The summed E-state index contributed by atoms with van der Waals surface area (Å²) in [4.78, 5) is 20.5. The fourth-order valence-corrected chi connectivity index (χ4v) is 3.37. The van der Waals surface area contributed by atoms with Gasteiger partial charge in [0.1, 0.15) is 0 Å². The summed E-state index contributed by atoms with van der Waals surface area (Å²) in [6.07, 6.45) is 3.68. The third-order valence-corrected chi connectivity index (χ3v) is 4.77. The number of aromatic nitrogens is 3. The van der Waals surface area contributed by atoms with Crippen LogP contribution in [0.4, 0.5) is 0 Å². The second-order valence-electron chi connectivity index (χ2n) is 6.94. The molecule has 0 atom stereocenters. The number of para-hydroxylation sites is 1. The molecule has 0 aliphatic rings. The van der Waals surface area contributed by atoms with Crippen LogP contribution in [0.25, 0.3) is 10.9 Å². The van der Waals surface area contributed by atoms with Gasteiger partial charge >= 0.3 is 5.97 Å². The van der Waals surface area contributed by atoms with Gasteiger partial charge in [-0.1, -0.05) is 42.5 Å². The molecule has 2 aromatic carbocycles. The zero-order valence-corrected chi connectivity index (χ0v) is 16.1. The molecule has 0 radical (unpaired) electrons. The van der Waals surface area contributed by atoms with E-state index >= 15 is 0 Å². The number of imidazole rings is 1. The van der Waals surface area contributed by atoms with Crippen LogP contribution in [0.5, 0.6) is 0 Å². The normalized spacial score (nSPS) is 11.1. The molecule has 4 aromatic rings. The van der Waals surface area contributed by atoms with Gasteiger partial charge in [-0.05, 0) is 30.2 Å². The largest absolute Gasteiger partial charge is 0.478 e. The van der Waals surface area contributed by atoms with E-state index in [9.17, 15) is 9.90 Å². The molecule has 6 heteroatoms. The molecule has 0 spiro atoms. The van der Waals surface area contributed by atoms with Crippen LogP contribution in [-0.2, 0) is 24.5 Å². The molecule has 0 saturated heterocycles. The van der Waals surface area contributed by atoms with E-state index in [0.29, 0.717) is 24.3 Å². The van der Waals surface area contributed by atoms with Crippen molar-refractivity contribution in [2.75, 3.05) is 0 Å². The maximum absolute atomic E-state index is 11.5. The summed E-state index contributed by atoms with van der Waals surface area (Å²) in [5.74, 6) is -0.936. The van der Waals surface area contributed by atoms with Crippen molar-refractivity contribution in [2.45, 2.75) is 26.7 Å². The number of hydrogen-bond acceptors (Lipinski definition) is 4. The van der Waals surface area contributed by atoms with E-state index in [1.807, 2.05) is 47.2 Å². The van der Waals surface area contributed by atoms with Gasteiger partial charge in [0.25, 0.3) is 0 Å². The second kappa shape index (κ2) is 8.24. The number of rotatable bonds is 7. The summed E-state index contributed by atoms with van der Waals surface area (Å²) in [6, 6.07) is 17.5. The van der Waals surface area contributed by atoms with Crippen LogP contribution in [0.1, 0.15) is 32.9 Å². The topological polar surface area (TPSA) is 77.2 Å². The Bertz CT molecular complexity index is 1170. The van der Waals surface area contributed by atoms with Gasteiger partial charge in [0.15, 0.2) is 0 Å². The maximum atomic E-state index is 11.5. The molecular formula is C23H21N3O3. The molecule has 0 fully saturated rings. The Labute approximate surface area is 168 Å². The van der Waals surface area contributed by atoms with Crippen molar-refractivity contribution in [2.24, 2.45) is 0 Å². The molecule has 2 heterocycles. The summed E-state index contributed by atoms with van der Waals surface area (Å²) in [5, 5.41) is 10.5. The average molecular weight is 387 g/mol. The Kier molecular flexibility index (Phi) is 5.35. The SMILES string of the molecule is Cc1cccc(COCc2cn(Cc3ccc4ccccc4n3)cn2)c1C(=O)O. The van der Waals surface area contributed by atoms with E-state index in [-0.39, 0.29) is 6.61 Å². The highest BCUT2D eigenvalue weighted by molar-refractivity contribution is 5.91. The third-order valence-electron chi connectivity index (χ3n) is 4.77. The fourth-order valence-electron chi connectivity index (χ4n) is 3.37. The number of nitrogens with zero attached hydrogens (tertiary/aromatic N) is 3. The zero-order valence-electron chi connectivity index (χ0n) is 16.1. The lowest BCUT2D eigenvalue weighted by atomic mass is 10.0. The Morgan fingerprint density at radius 3 is 2.76 bits per heavy atom. The number of pyridine rings is 1. The predicted octanol–water partition coefficient (Wildman–Crippen LogP) is 4.20. The lowest BCUT2D eigenvalue weighted by molar-refractivity contribution is 0.0682. The maximum Gasteiger partial charge on any atom is 0.336 e. The minimum atomic E-state index is -0.936. The second-order valence-corrected chi connectivity index (χ2v) is 6.94. The van der Waals surface area contributed by atoms with Gasteiger partial charge in [-0.25, -0.2) is 9.78 Å². The predicted molar refractivity (Wildman–Crippen MR) is 110 cm³/mol.